The zero-order valence-electron chi connectivity index (χ0n) is 23.1. The molecule has 2 aliphatic carbocycles. The summed E-state index contributed by atoms with van der Waals surface area (Å²) >= 11 is 0. The van der Waals surface area contributed by atoms with Crippen LogP contribution in [0.5, 0.6) is 11.5 Å². The highest BCUT2D eigenvalue weighted by Crippen LogP contribution is 2.55. The molecule has 8 rings (SSSR count). The van der Waals surface area contributed by atoms with Gasteiger partial charge in [-0.3, -0.25) is 9.59 Å². The highest BCUT2D eigenvalue weighted by atomic mass is 16.5. The van der Waals surface area contributed by atoms with Crippen molar-refractivity contribution in [1.29, 1.82) is 0 Å². The van der Waals surface area contributed by atoms with Crippen LogP contribution in [0, 0.1) is 5.92 Å². The highest BCUT2D eigenvalue weighted by molar-refractivity contribution is 6.04. The number of anilines is 1. The van der Waals surface area contributed by atoms with E-state index in [-0.39, 0.29) is 23.8 Å². The van der Waals surface area contributed by atoms with E-state index in [4.69, 9.17) is 9.47 Å². The molecule has 3 aromatic rings. The zero-order chi connectivity index (χ0) is 27.7. The van der Waals surface area contributed by atoms with Crippen LogP contribution in [-0.2, 0) is 36.0 Å². The van der Waals surface area contributed by atoms with Gasteiger partial charge >= 0.3 is 0 Å². The van der Waals surface area contributed by atoms with Crippen molar-refractivity contribution in [2.75, 3.05) is 18.5 Å². The summed E-state index contributed by atoms with van der Waals surface area (Å²) in [5, 5.41) is 3.05. The first-order valence-corrected chi connectivity index (χ1v) is 14.7. The number of amides is 2. The maximum Gasteiger partial charge on any atom is 0.255 e. The second-order valence-electron chi connectivity index (χ2n) is 12.0. The molecule has 206 valence electrons. The zero-order valence-corrected chi connectivity index (χ0v) is 23.1. The second kappa shape index (κ2) is 9.10. The Morgan fingerprint density at radius 1 is 0.976 bits per heavy atom. The third-order valence-corrected chi connectivity index (χ3v) is 9.58. The van der Waals surface area contributed by atoms with Gasteiger partial charge in [-0.15, -0.1) is 0 Å². The molecule has 3 unspecified atom stereocenters. The van der Waals surface area contributed by atoms with Crippen molar-refractivity contribution < 1.29 is 19.1 Å². The maximum absolute atomic E-state index is 14.4. The Hall–Kier alpha value is -4.32. The Labute approximate surface area is 239 Å². The number of ether oxygens (including phenoxy) is 2. The number of likely N-dealkylation sites (tertiary alicyclic amines) is 1. The summed E-state index contributed by atoms with van der Waals surface area (Å²) < 4.78 is 12.0. The number of allylic oxidation sites excluding steroid dienone is 2. The fourth-order valence-electron chi connectivity index (χ4n) is 7.48. The van der Waals surface area contributed by atoms with E-state index in [2.05, 4.69) is 48.7 Å². The molecular formula is C35H32N2O4. The summed E-state index contributed by atoms with van der Waals surface area (Å²) in [5.41, 5.74) is 7.55. The third kappa shape index (κ3) is 3.69. The van der Waals surface area contributed by atoms with Crippen molar-refractivity contribution in [2.45, 2.75) is 50.6 Å². The van der Waals surface area contributed by atoms with Crippen LogP contribution < -0.4 is 14.8 Å². The van der Waals surface area contributed by atoms with Gasteiger partial charge in [-0.25, -0.2) is 0 Å². The van der Waals surface area contributed by atoms with Crippen molar-refractivity contribution in [3.05, 3.63) is 112 Å². The third-order valence-electron chi connectivity index (χ3n) is 9.58. The number of nitrogens with one attached hydrogen (secondary N) is 1. The summed E-state index contributed by atoms with van der Waals surface area (Å²) in [6, 6.07) is 17.9. The van der Waals surface area contributed by atoms with Crippen LogP contribution in [0.4, 0.5) is 5.69 Å². The van der Waals surface area contributed by atoms with Crippen molar-refractivity contribution in [3.8, 4) is 11.5 Å². The second-order valence-corrected chi connectivity index (χ2v) is 12.0. The molecule has 5 aliphatic rings. The number of benzene rings is 3. The quantitative estimate of drug-likeness (QED) is 0.469. The van der Waals surface area contributed by atoms with E-state index < -0.39 is 5.41 Å². The predicted octanol–water partition coefficient (Wildman–Crippen LogP) is 5.54. The first-order valence-electron chi connectivity index (χ1n) is 14.7. The Morgan fingerprint density at radius 3 is 2.71 bits per heavy atom. The molecule has 2 amide bonds. The first-order chi connectivity index (χ1) is 20.0. The molecule has 0 radical (unpaired) electrons. The molecule has 6 nitrogen and oxygen atoms in total. The molecular weight excluding hydrogens is 512 g/mol. The van der Waals surface area contributed by atoms with E-state index in [9.17, 15) is 9.59 Å². The van der Waals surface area contributed by atoms with Crippen molar-refractivity contribution >= 4 is 17.5 Å². The lowest BCUT2D eigenvalue weighted by molar-refractivity contribution is -0.134. The van der Waals surface area contributed by atoms with Crippen LogP contribution in [-0.4, -0.2) is 36.0 Å². The molecule has 0 saturated carbocycles. The van der Waals surface area contributed by atoms with Gasteiger partial charge in [-0.2, -0.15) is 0 Å². The maximum atomic E-state index is 14.4. The fourth-order valence-corrected chi connectivity index (χ4v) is 7.48. The lowest BCUT2D eigenvalue weighted by atomic mass is 9.72. The largest absolute Gasteiger partial charge is 0.493 e. The molecule has 3 atom stereocenters. The van der Waals surface area contributed by atoms with Crippen LogP contribution >= 0.6 is 0 Å². The van der Waals surface area contributed by atoms with Gasteiger partial charge in [-0.05, 0) is 83.3 Å². The van der Waals surface area contributed by atoms with Gasteiger partial charge in [-0.1, -0.05) is 43.4 Å². The number of nitrogens with zero attached hydrogens (tertiary/aromatic N) is 1. The van der Waals surface area contributed by atoms with Crippen molar-refractivity contribution in [3.63, 3.8) is 0 Å². The summed E-state index contributed by atoms with van der Waals surface area (Å²) in [4.78, 5) is 29.5. The molecule has 1 spiro atoms. The van der Waals surface area contributed by atoms with Crippen LogP contribution in [0.25, 0.3) is 0 Å². The topological polar surface area (TPSA) is 67.9 Å². The SMILES string of the molecule is CC1C=CC=C2C1N(Cc1ccc(C(=O)Nc3ccc4c(c3)CCC4)cc1)C(=O)C21COc2cc3c(cc21)CCO3. The lowest BCUT2D eigenvalue weighted by Gasteiger charge is -2.30. The lowest BCUT2D eigenvalue weighted by Crippen LogP contribution is -2.40. The average molecular weight is 545 g/mol. The highest BCUT2D eigenvalue weighted by Gasteiger charge is 2.61. The van der Waals surface area contributed by atoms with Crippen LogP contribution in [0.2, 0.25) is 0 Å². The number of carbonyl (C=O) groups excluding carboxylic acids is 2. The monoisotopic (exact) mass is 544 g/mol. The standard InChI is InChI=1S/C35H32N2O4/c1-21-4-2-7-28-32(21)37(34(39)35(28)20-41-31-18-30-26(14-15-40-30)17-29(31)35)19-22-8-10-24(11-9-22)33(38)36-27-13-12-23-5-3-6-25(23)16-27/h2,4,7-13,16-18,21,32H,3,5-6,14-15,19-20H2,1H3,(H,36,38). The molecule has 6 heteroatoms. The molecule has 41 heavy (non-hydrogen) atoms. The number of aryl methyl sites for hydroxylation is 2. The van der Waals surface area contributed by atoms with E-state index in [1.54, 1.807) is 0 Å². The summed E-state index contributed by atoms with van der Waals surface area (Å²) in [6.45, 7) is 3.62. The van der Waals surface area contributed by atoms with Gasteiger partial charge in [0.15, 0.2) is 0 Å². The first kappa shape index (κ1) is 24.5. The molecule has 1 fully saturated rings. The molecule has 0 bridgehead atoms. The van der Waals surface area contributed by atoms with Crippen molar-refractivity contribution in [1.82, 2.24) is 4.90 Å². The molecule has 0 aromatic heterocycles. The Kier molecular flexibility index (Phi) is 5.43. The number of rotatable bonds is 4. The van der Waals surface area contributed by atoms with Crippen molar-refractivity contribution in [2.24, 2.45) is 5.92 Å². The van der Waals surface area contributed by atoms with Gasteiger partial charge in [0, 0.05) is 35.8 Å². The predicted molar refractivity (Wildman–Crippen MR) is 156 cm³/mol. The minimum Gasteiger partial charge on any atom is -0.493 e. The van der Waals surface area contributed by atoms with Gasteiger partial charge in [0.1, 0.15) is 23.5 Å². The number of fused-ring (bicyclic) bond motifs is 6. The molecule has 3 aliphatic heterocycles. The van der Waals surface area contributed by atoms with Gasteiger partial charge in [0.05, 0.1) is 12.6 Å². The number of hydrogen-bond donors (Lipinski definition) is 1. The average Bonchev–Trinajstić information content (AvgIpc) is 3.76. The Morgan fingerprint density at radius 2 is 1.83 bits per heavy atom. The van der Waals surface area contributed by atoms with E-state index >= 15 is 0 Å². The van der Waals surface area contributed by atoms with Gasteiger partial charge in [0.25, 0.3) is 5.91 Å². The smallest absolute Gasteiger partial charge is 0.255 e. The molecule has 1 saturated heterocycles. The van der Waals surface area contributed by atoms with Crippen LogP contribution in [0.1, 0.15) is 51.5 Å². The molecule has 1 N–H and O–H groups in total. The Bertz CT molecular complexity index is 1670. The molecule has 3 aromatic carbocycles. The Balaban J connectivity index is 1.06. The van der Waals surface area contributed by atoms with E-state index in [1.165, 1.54) is 17.5 Å². The van der Waals surface area contributed by atoms with Gasteiger partial charge in [0.2, 0.25) is 5.91 Å². The minimum absolute atomic E-state index is 0.0469. The van der Waals surface area contributed by atoms with E-state index in [1.807, 2.05) is 41.3 Å². The van der Waals surface area contributed by atoms with E-state index in [0.29, 0.717) is 25.3 Å². The number of hydrogen-bond acceptors (Lipinski definition) is 4. The van der Waals surface area contributed by atoms with Crippen LogP contribution in [0.3, 0.4) is 0 Å². The molecule has 3 heterocycles. The summed E-state index contributed by atoms with van der Waals surface area (Å²) in [6.07, 6.45) is 10.6. The minimum atomic E-state index is -0.813. The summed E-state index contributed by atoms with van der Waals surface area (Å²) in [5.74, 6) is 1.75. The number of carbonyl (C=O) groups is 2. The van der Waals surface area contributed by atoms with E-state index in [0.717, 1.165) is 58.7 Å². The van der Waals surface area contributed by atoms with Crippen LogP contribution in [0.15, 0.2) is 78.4 Å². The summed E-state index contributed by atoms with van der Waals surface area (Å²) in [7, 11) is 0. The van der Waals surface area contributed by atoms with Gasteiger partial charge < -0.3 is 19.7 Å². The fraction of sp³-hybridized carbons (Fsp3) is 0.314. The normalized spacial score (nSPS) is 24.9.